The third-order valence-corrected chi connectivity index (χ3v) is 2.68. The van der Waals surface area contributed by atoms with E-state index in [4.69, 9.17) is 0 Å². The Morgan fingerprint density at radius 1 is 1.36 bits per heavy atom. The van der Waals surface area contributed by atoms with Crippen molar-refractivity contribution < 1.29 is 0 Å². The molecule has 0 N–H and O–H groups in total. The molecule has 3 rings (SSSR count). The first-order valence-corrected chi connectivity index (χ1v) is 4.62. The van der Waals surface area contributed by atoms with E-state index in [1.807, 2.05) is 16.9 Å². The van der Waals surface area contributed by atoms with E-state index in [-0.39, 0.29) is 0 Å². The second-order valence-electron chi connectivity index (χ2n) is 3.58. The lowest BCUT2D eigenvalue weighted by atomic mass is 10.2. The molecule has 0 saturated heterocycles. The molecular formula is C12H10N2. The minimum atomic E-state index is 1.16. The Morgan fingerprint density at radius 3 is 2.93 bits per heavy atom. The number of benzene rings is 1. The molecule has 0 atom stereocenters. The lowest BCUT2D eigenvalue weighted by molar-refractivity contribution is 0.873. The van der Waals surface area contributed by atoms with Crippen molar-refractivity contribution in [3.8, 4) is 5.69 Å². The van der Waals surface area contributed by atoms with Gasteiger partial charge in [0.1, 0.15) is 0 Å². The smallest absolute Gasteiger partial charge is 0.0759 e. The quantitative estimate of drug-likeness (QED) is 0.565. The van der Waals surface area contributed by atoms with Gasteiger partial charge >= 0.3 is 0 Å². The molecule has 1 aliphatic rings. The molecule has 2 aromatic rings. The molecule has 14 heavy (non-hydrogen) atoms. The molecule has 0 saturated carbocycles. The van der Waals surface area contributed by atoms with Crippen LogP contribution in [0.3, 0.4) is 0 Å². The zero-order chi connectivity index (χ0) is 9.71. The monoisotopic (exact) mass is 182 g/mol. The van der Waals surface area contributed by atoms with Crippen molar-refractivity contribution in [2.24, 2.45) is 0 Å². The van der Waals surface area contributed by atoms with E-state index in [2.05, 4.69) is 30.7 Å². The van der Waals surface area contributed by atoms with Crippen LogP contribution in [0.5, 0.6) is 0 Å². The zero-order valence-corrected chi connectivity index (χ0v) is 7.99. The van der Waals surface area contributed by atoms with Gasteiger partial charge in [-0.1, -0.05) is 18.7 Å². The minimum Gasteiger partial charge on any atom is -0.240 e. The van der Waals surface area contributed by atoms with Gasteiger partial charge in [-0.2, -0.15) is 5.10 Å². The fourth-order valence-corrected chi connectivity index (χ4v) is 1.88. The maximum absolute atomic E-state index is 4.25. The fourth-order valence-electron chi connectivity index (χ4n) is 1.88. The Labute approximate surface area is 82.5 Å². The number of rotatable bonds is 1. The van der Waals surface area contributed by atoms with Crippen LogP contribution in [0.2, 0.25) is 0 Å². The molecule has 0 aliphatic heterocycles. The number of hydrogen-bond acceptors (Lipinski definition) is 1. The van der Waals surface area contributed by atoms with Crippen molar-refractivity contribution in [3.63, 3.8) is 0 Å². The predicted molar refractivity (Wildman–Crippen MR) is 56.4 cm³/mol. The number of nitrogens with zero attached hydrogens (tertiary/aromatic N) is 2. The second kappa shape index (κ2) is 2.35. The summed E-state index contributed by atoms with van der Waals surface area (Å²) in [6.45, 7) is 6.11. The van der Waals surface area contributed by atoms with Crippen LogP contribution in [0, 0.1) is 6.92 Å². The average Bonchev–Trinajstić information content (AvgIpc) is 2.68. The SMILES string of the molecule is C=C1c2ccc(C)c(-n3cccn3)c21. The molecule has 1 aliphatic carbocycles. The van der Waals surface area contributed by atoms with Gasteiger partial charge in [0.2, 0.25) is 0 Å². The van der Waals surface area contributed by atoms with Crippen LogP contribution in [0.1, 0.15) is 16.7 Å². The van der Waals surface area contributed by atoms with Gasteiger partial charge in [0.25, 0.3) is 0 Å². The topological polar surface area (TPSA) is 17.8 Å². The van der Waals surface area contributed by atoms with E-state index in [0.717, 1.165) is 5.57 Å². The Morgan fingerprint density at radius 2 is 2.21 bits per heavy atom. The minimum absolute atomic E-state index is 1.16. The zero-order valence-electron chi connectivity index (χ0n) is 7.99. The summed E-state index contributed by atoms with van der Waals surface area (Å²) in [4.78, 5) is 0. The number of hydrogen-bond donors (Lipinski definition) is 0. The van der Waals surface area contributed by atoms with Crippen LogP contribution in [-0.2, 0) is 0 Å². The highest BCUT2D eigenvalue weighted by atomic mass is 15.3. The summed E-state index contributed by atoms with van der Waals surface area (Å²) >= 11 is 0. The van der Waals surface area contributed by atoms with E-state index in [1.165, 1.54) is 22.4 Å². The van der Waals surface area contributed by atoms with Gasteiger partial charge < -0.3 is 0 Å². The molecule has 0 bridgehead atoms. The molecule has 0 spiro atoms. The molecule has 0 amide bonds. The third-order valence-electron chi connectivity index (χ3n) is 2.68. The number of aromatic nitrogens is 2. The van der Waals surface area contributed by atoms with Crippen molar-refractivity contribution in [3.05, 3.63) is 53.9 Å². The van der Waals surface area contributed by atoms with Gasteiger partial charge in [-0.25, -0.2) is 4.68 Å². The standard InChI is InChI=1S/C12H10N2/c1-8-4-5-10-9(2)11(10)12(8)14-7-3-6-13-14/h3-7H,2H2,1H3. The Hall–Kier alpha value is -1.83. The van der Waals surface area contributed by atoms with Gasteiger partial charge in [0.15, 0.2) is 0 Å². The number of aryl methyl sites for hydroxylation is 1. The molecule has 0 fully saturated rings. The molecular weight excluding hydrogens is 172 g/mol. The van der Waals surface area contributed by atoms with Crippen LogP contribution >= 0.6 is 0 Å². The summed E-state index contributed by atoms with van der Waals surface area (Å²) < 4.78 is 1.91. The van der Waals surface area contributed by atoms with Gasteiger partial charge in [-0.3, -0.25) is 0 Å². The molecule has 68 valence electrons. The first-order chi connectivity index (χ1) is 6.79. The van der Waals surface area contributed by atoms with Gasteiger partial charge in [0, 0.05) is 18.0 Å². The van der Waals surface area contributed by atoms with E-state index in [0.29, 0.717) is 0 Å². The van der Waals surface area contributed by atoms with Gasteiger partial charge in [0.05, 0.1) is 5.69 Å². The first kappa shape index (κ1) is 7.56. The van der Waals surface area contributed by atoms with Crippen molar-refractivity contribution in [1.82, 2.24) is 9.78 Å². The average molecular weight is 182 g/mol. The Kier molecular flexibility index (Phi) is 1.27. The molecule has 1 aromatic heterocycles. The normalized spacial score (nSPS) is 12.8. The summed E-state index contributed by atoms with van der Waals surface area (Å²) in [6, 6.07) is 6.18. The lowest BCUT2D eigenvalue weighted by Gasteiger charge is -2.03. The van der Waals surface area contributed by atoms with Crippen LogP contribution < -0.4 is 0 Å². The summed E-state index contributed by atoms with van der Waals surface area (Å²) in [5.41, 5.74) is 6.13. The van der Waals surface area contributed by atoms with Gasteiger partial charge in [-0.15, -0.1) is 0 Å². The summed E-state index contributed by atoms with van der Waals surface area (Å²) in [7, 11) is 0. The highest BCUT2D eigenvalue weighted by Gasteiger charge is 2.28. The van der Waals surface area contributed by atoms with Crippen LogP contribution in [-0.4, -0.2) is 9.78 Å². The highest BCUT2D eigenvalue weighted by molar-refractivity contribution is 6.03. The molecule has 2 heteroatoms. The van der Waals surface area contributed by atoms with Crippen molar-refractivity contribution in [1.29, 1.82) is 0 Å². The van der Waals surface area contributed by atoms with E-state index < -0.39 is 0 Å². The third kappa shape index (κ3) is 0.826. The fraction of sp³-hybridized carbons (Fsp3) is 0.0833. The number of fused-ring (bicyclic) bond motifs is 1. The van der Waals surface area contributed by atoms with Crippen LogP contribution in [0.15, 0.2) is 37.2 Å². The predicted octanol–water partition coefficient (Wildman–Crippen LogP) is 2.56. The Bertz CT molecular complexity index is 522. The van der Waals surface area contributed by atoms with Gasteiger partial charge in [-0.05, 0) is 29.7 Å². The maximum Gasteiger partial charge on any atom is 0.0759 e. The highest BCUT2D eigenvalue weighted by Crippen LogP contribution is 2.45. The summed E-state index contributed by atoms with van der Waals surface area (Å²) in [5, 5.41) is 4.25. The van der Waals surface area contributed by atoms with E-state index in [1.54, 1.807) is 6.20 Å². The second-order valence-corrected chi connectivity index (χ2v) is 3.58. The lowest BCUT2D eigenvalue weighted by Crippen LogP contribution is -1.96. The Balaban J connectivity index is 2.30. The maximum atomic E-state index is 4.25. The molecule has 0 radical (unpaired) electrons. The van der Waals surface area contributed by atoms with Crippen LogP contribution in [0.4, 0.5) is 0 Å². The van der Waals surface area contributed by atoms with E-state index in [9.17, 15) is 0 Å². The molecule has 1 heterocycles. The summed E-state index contributed by atoms with van der Waals surface area (Å²) in [5.74, 6) is 0. The van der Waals surface area contributed by atoms with Crippen molar-refractivity contribution in [2.75, 3.05) is 0 Å². The summed E-state index contributed by atoms with van der Waals surface area (Å²) in [6.07, 6.45) is 3.76. The van der Waals surface area contributed by atoms with Crippen molar-refractivity contribution in [2.45, 2.75) is 6.92 Å². The molecule has 0 unspecified atom stereocenters. The molecule has 2 nitrogen and oxygen atoms in total. The van der Waals surface area contributed by atoms with Crippen molar-refractivity contribution >= 4 is 5.57 Å². The first-order valence-electron chi connectivity index (χ1n) is 4.62. The van der Waals surface area contributed by atoms with Crippen LogP contribution in [0.25, 0.3) is 11.3 Å². The molecule has 1 aromatic carbocycles. The van der Waals surface area contributed by atoms with E-state index >= 15 is 0 Å². The largest absolute Gasteiger partial charge is 0.240 e.